The number of aliphatic hydroxyl groups is 1. The number of aliphatic hydroxyl groups excluding tert-OH is 1. The highest BCUT2D eigenvalue weighted by Crippen LogP contribution is 2.37. The smallest absolute Gasteiger partial charge is 0.390 e. The lowest BCUT2D eigenvalue weighted by atomic mass is 9.99. The van der Waals surface area contributed by atoms with Crippen LogP contribution in [0.5, 0.6) is 0 Å². The van der Waals surface area contributed by atoms with Crippen LogP contribution in [0, 0.1) is 0 Å². The fourth-order valence-electron chi connectivity index (χ4n) is 1.30. The maximum Gasteiger partial charge on any atom is 0.417 e. The van der Waals surface area contributed by atoms with E-state index in [0.29, 0.717) is 6.07 Å². The van der Waals surface area contributed by atoms with Crippen LogP contribution in [0.3, 0.4) is 0 Å². The zero-order chi connectivity index (χ0) is 14.1. The number of rotatable bonds is 3. The number of alkyl halides is 5. The predicted molar refractivity (Wildman–Crippen MR) is 55.4 cm³/mol. The lowest BCUT2D eigenvalue weighted by molar-refractivity contribution is -0.137. The molecule has 1 atom stereocenters. The van der Waals surface area contributed by atoms with Crippen molar-refractivity contribution < 1.29 is 27.1 Å². The number of hydrogen-bond donors (Lipinski definition) is 2. The molecule has 0 amide bonds. The van der Waals surface area contributed by atoms with Gasteiger partial charge in [-0.2, -0.15) is 13.2 Å². The zero-order valence-electron chi connectivity index (χ0n) is 8.81. The molecule has 0 bridgehead atoms. The Hall–Kier alpha value is -0.920. The topological polar surface area (TPSA) is 46.2 Å². The van der Waals surface area contributed by atoms with Gasteiger partial charge in [-0.15, -0.1) is 0 Å². The predicted octanol–water partition coefficient (Wildman–Crippen LogP) is 2.99. The fourth-order valence-corrected chi connectivity index (χ4v) is 1.52. The van der Waals surface area contributed by atoms with Crippen LogP contribution >= 0.6 is 11.6 Å². The van der Waals surface area contributed by atoms with Gasteiger partial charge in [0, 0.05) is 0 Å². The maximum absolute atomic E-state index is 13.1. The van der Waals surface area contributed by atoms with Gasteiger partial charge in [-0.25, -0.2) is 8.78 Å². The summed E-state index contributed by atoms with van der Waals surface area (Å²) < 4.78 is 63.7. The monoisotopic (exact) mass is 289 g/mol. The highest BCUT2D eigenvalue weighted by Gasteiger charge is 2.39. The van der Waals surface area contributed by atoms with Gasteiger partial charge < -0.3 is 10.8 Å². The molecule has 0 spiro atoms. The Kier molecular flexibility index (Phi) is 4.19. The van der Waals surface area contributed by atoms with E-state index in [1.54, 1.807) is 0 Å². The molecule has 8 heteroatoms. The number of nitrogens with two attached hydrogens (primary N) is 1. The van der Waals surface area contributed by atoms with E-state index in [1.165, 1.54) is 0 Å². The molecule has 0 unspecified atom stereocenters. The molecule has 0 saturated carbocycles. The number of hydrogen-bond acceptors (Lipinski definition) is 2. The van der Waals surface area contributed by atoms with Crippen molar-refractivity contribution in [1.82, 2.24) is 0 Å². The molecule has 0 heterocycles. The van der Waals surface area contributed by atoms with Crippen molar-refractivity contribution >= 4 is 11.6 Å². The van der Waals surface area contributed by atoms with Crippen molar-refractivity contribution in [2.45, 2.75) is 18.1 Å². The first-order chi connectivity index (χ1) is 8.09. The molecule has 0 aromatic heterocycles. The third-order valence-corrected chi connectivity index (χ3v) is 2.65. The molecule has 2 nitrogen and oxygen atoms in total. The Morgan fingerprint density at radius 3 is 2.22 bits per heavy atom. The fraction of sp³-hybridized carbons (Fsp3) is 0.400. The van der Waals surface area contributed by atoms with Crippen molar-refractivity contribution in [2.75, 3.05) is 6.61 Å². The summed E-state index contributed by atoms with van der Waals surface area (Å²) in [5.74, 6) is -3.71. The molecule has 0 saturated heterocycles. The summed E-state index contributed by atoms with van der Waals surface area (Å²) >= 11 is 5.34. The van der Waals surface area contributed by atoms with E-state index in [4.69, 9.17) is 22.4 Å². The van der Waals surface area contributed by atoms with Crippen LogP contribution in [0.15, 0.2) is 18.2 Å². The minimum absolute atomic E-state index is 0.453. The van der Waals surface area contributed by atoms with Gasteiger partial charge in [-0.1, -0.05) is 17.7 Å². The van der Waals surface area contributed by atoms with Gasteiger partial charge >= 0.3 is 6.18 Å². The van der Waals surface area contributed by atoms with E-state index in [2.05, 4.69) is 0 Å². The second-order valence-corrected chi connectivity index (χ2v) is 4.04. The molecule has 0 aliphatic carbocycles. The zero-order valence-corrected chi connectivity index (χ0v) is 9.56. The molecule has 1 rings (SSSR count). The molecule has 0 fully saturated rings. The van der Waals surface area contributed by atoms with Gasteiger partial charge in [0.25, 0.3) is 5.92 Å². The first-order valence-electron chi connectivity index (χ1n) is 4.70. The Morgan fingerprint density at radius 1 is 1.22 bits per heavy atom. The summed E-state index contributed by atoms with van der Waals surface area (Å²) in [6.45, 7) is -1.56. The minimum Gasteiger partial charge on any atom is -0.390 e. The van der Waals surface area contributed by atoms with Gasteiger partial charge in [0.1, 0.15) is 6.61 Å². The standard InChI is InChI=1S/C10H9ClF5NO/c11-7-2-1-5(3-6(7)10(14,15)16)8(17)9(12,13)4-18/h1-3,8,18H,4,17H2/t8-/m0/s1. The van der Waals surface area contributed by atoms with Crippen LogP contribution < -0.4 is 5.73 Å². The first kappa shape index (κ1) is 15.1. The lowest BCUT2D eigenvalue weighted by Crippen LogP contribution is -2.36. The van der Waals surface area contributed by atoms with E-state index in [0.717, 1.165) is 12.1 Å². The average molecular weight is 290 g/mol. The highest BCUT2D eigenvalue weighted by atomic mass is 35.5. The second kappa shape index (κ2) is 4.99. The summed E-state index contributed by atoms with van der Waals surface area (Å²) in [5.41, 5.74) is 3.43. The number of halogens is 6. The normalized spacial score (nSPS) is 14.7. The van der Waals surface area contributed by atoms with Gasteiger partial charge in [0.2, 0.25) is 0 Å². The third-order valence-electron chi connectivity index (χ3n) is 2.32. The van der Waals surface area contributed by atoms with Crippen molar-refractivity contribution in [3.05, 3.63) is 34.3 Å². The first-order valence-corrected chi connectivity index (χ1v) is 5.08. The summed E-state index contributed by atoms with van der Waals surface area (Å²) in [4.78, 5) is 0. The molecule has 1 aromatic carbocycles. The summed E-state index contributed by atoms with van der Waals surface area (Å²) in [7, 11) is 0. The van der Waals surface area contributed by atoms with Gasteiger partial charge in [-0.3, -0.25) is 0 Å². The largest absolute Gasteiger partial charge is 0.417 e. The Bertz CT molecular complexity index is 435. The SMILES string of the molecule is N[C@@H](c1ccc(Cl)c(C(F)(F)F)c1)C(F)(F)CO. The lowest BCUT2D eigenvalue weighted by Gasteiger charge is -2.22. The summed E-state index contributed by atoms with van der Waals surface area (Å²) in [6, 6.07) is 0.218. The number of benzene rings is 1. The molecule has 0 aliphatic heterocycles. The van der Waals surface area contributed by atoms with Crippen molar-refractivity contribution in [1.29, 1.82) is 0 Å². The molecule has 1 aromatic rings. The molecule has 3 N–H and O–H groups in total. The van der Waals surface area contributed by atoms with Crippen molar-refractivity contribution in [2.24, 2.45) is 5.73 Å². The van der Waals surface area contributed by atoms with Crippen LogP contribution in [0.25, 0.3) is 0 Å². The van der Waals surface area contributed by atoms with E-state index in [1.807, 2.05) is 0 Å². The average Bonchev–Trinajstić information content (AvgIpc) is 2.27. The Morgan fingerprint density at radius 2 is 1.78 bits per heavy atom. The molecule has 0 radical (unpaired) electrons. The van der Waals surface area contributed by atoms with E-state index in [9.17, 15) is 22.0 Å². The summed E-state index contributed by atoms with van der Waals surface area (Å²) in [6.07, 6.45) is -4.76. The maximum atomic E-state index is 13.1. The Balaban J connectivity index is 3.21. The van der Waals surface area contributed by atoms with E-state index < -0.39 is 40.9 Å². The molecular formula is C10H9ClF5NO. The van der Waals surface area contributed by atoms with Crippen molar-refractivity contribution in [3.63, 3.8) is 0 Å². The second-order valence-electron chi connectivity index (χ2n) is 3.63. The van der Waals surface area contributed by atoms with Gasteiger partial charge in [0.05, 0.1) is 16.6 Å². The summed E-state index contributed by atoms with van der Waals surface area (Å²) in [5, 5.41) is 7.83. The van der Waals surface area contributed by atoms with E-state index in [-0.39, 0.29) is 0 Å². The highest BCUT2D eigenvalue weighted by molar-refractivity contribution is 6.31. The Labute approximate surface area is 104 Å². The van der Waals surface area contributed by atoms with Gasteiger partial charge in [-0.05, 0) is 17.7 Å². The van der Waals surface area contributed by atoms with Crippen molar-refractivity contribution in [3.8, 4) is 0 Å². The van der Waals surface area contributed by atoms with Gasteiger partial charge in [0.15, 0.2) is 0 Å². The van der Waals surface area contributed by atoms with Crippen LogP contribution in [-0.2, 0) is 6.18 Å². The quantitative estimate of drug-likeness (QED) is 0.840. The van der Waals surface area contributed by atoms with Crippen LogP contribution in [0.4, 0.5) is 22.0 Å². The molecule has 102 valence electrons. The van der Waals surface area contributed by atoms with Crippen LogP contribution in [-0.4, -0.2) is 17.6 Å². The minimum atomic E-state index is -4.76. The van der Waals surface area contributed by atoms with E-state index >= 15 is 0 Å². The van der Waals surface area contributed by atoms with Crippen LogP contribution in [0.1, 0.15) is 17.2 Å². The molecule has 18 heavy (non-hydrogen) atoms. The van der Waals surface area contributed by atoms with Crippen LogP contribution in [0.2, 0.25) is 5.02 Å². The molecular weight excluding hydrogens is 281 g/mol. The third kappa shape index (κ3) is 3.09. The molecule has 0 aliphatic rings.